The monoisotopic (exact) mass is 410 g/mol. The summed E-state index contributed by atoms with van der Waals surface area (Å²) in [6.07, 6.45) is -3.53. The number of carbonyl (C=O) groups excluding carboxylic acids is 2. The van der Waals surface area contributed by atoms with Crippen LogP contribution in [0, 0.1) is 5.92 Å². The van der Waals surface area contributed by atoms with Gasteiger partial charge in [0.2, 0.25) is 5.91 Å². The molecule has 0 N–H and O–H groups in total. The Bertz CT molecular complexity index is 809. The summed E-state index contributed by atoms with van der Waals surface area (Å²) < 4.78 is 41.2. The van der Waals surface area contributed by atoms with Crippen molar-refractivity contribution in [3.63, 3.8) is 0 Å². The third-order valence-corrected chi connectivity index (χ3v) is 5.81. The number of hydrogen-bond acceptors (Lipinski definition) is 3. The summed E-state index contributed by atoms with van der Waals surface area (Å²) >= 11 is 1.31. The molecule has 1 aromatic carbocycles. The highest BCUT2D eigenvalue weighted by Crippen LogP contribution is 2.38. The Morgan fingerprint density at radius 3 is 2.50 bits per heavy atom. The van der Waals surface area contributed by atoms with Gasteiger partial charge in [0.05, 0.1) is 10.8 Å². The van der Waals surface area contributed by atoms with Crippen molar-refractivity contribution in [2.75, 3.05) is 20.1 Å². The second kappa shape index (κ2) is 8.34. The Labute approximate surface area is 165 Å². The molecule has 8 heteroatoms. The van der Waals surface area contributed by atoms with E-state index in [-0.39, 0.29) is 18.0 Å². The quantitative estimate of drug-likeness (QED) is 0.751. The van der Waals surface area contributed by atoms with Gasteiger partial charge in [-0.1, -0.05) is 36.4 Å². The van der Waals surface area contributed by atoms with E-state index in [0.29, 0.717) is 24.3 Å². The fourth-order valence-electron chi connectivity index (χ4n) is 3.60. The molecule has 0 saturated carbocycles. The molecule has 0 spiro atoms. The number of alkyl halides is 3. The zero-order valence-corrected chi connectivity index (χ0v) is 16.2. The van der Waals surface area contributed by atoms with E-state index in [2.05, 4.69) is 0 Å². The van der Waals surface area contributed by atoms with Crippen LogP contribution in [0.2, 0.25) is 0 Å². The fourth-order valence-corrected chi connectivity index (χ4v) is 4.29. The van der Waals surface area contributed by atoms with Gasteiger partial charge in [-0.25, -0.2) is 0 Å². The number of likely N-dealkylation sites (tertiary alicyclic amines) is 1. The molecule has 1 aromatic heterocycles. The number of nitrogens with zero attached hydrogens (tertiary/aromatic N) is 2. The fraction of sp³-hybridized carbons (Fsp3) is 0.400. The Morgan fingerprint density at radius 2 is 1.89 bits per heavy atom. The average molecular weight is 410 g/mol. The van der Waals surface area contributed by atoms with Gasteiger partial charge in [-0.3, -0.25) is 9.59 Å². The predicted octanol–water partition coefficient (Wildman–Crippen LogP) is 4.36. The first-order valence-electron chi connectivity index (χ1n) is 9.00. The van der Waals surface area contributed by atoms with E-state index in [1.165, 1.54) is 42.6 Å². The van der Waals surface area contributed by atoms with Crippen LogP contribution in [0.25, 0.3) is 0 Å². The molecule has 4 nitrogen and oxygen atoms in total. The maximum absolute atomic E-state index is 13.7. The van der Waals surface area contributed by atoms with Crippen molar-refractivity contribution in [1.29, 1.82) is 0 Å². The molecule has 2 aromatic rings. The lowest BCUT2D eigenvalue weighted by Crippen LogP contribution is -2.48. The van der Waals surface area contributed by atoms with Crippen LogP contribution in [0.4, 0.5) is 13.2 Å². The summed E-state index contributed by atoms with van der Waals surface area (Å²) in [6.45, 7) is 0.644. The molecule has 150 valence electrons. The smallest absolute Gasteiger partial charge is 0.337 e. The van der Waals surface area contributed by atoms with Crippen LogP contribution >= 0.6 is 11.3 Å². The van der Waals surface area contributed by atoms with E-state index >= 15 is 0 Å². The first kappa shape index (κ1) is 20.4. The van der Waals surface area contributed by atoms with Gasteiger partial charge in [0, 0.05) is 20.1 Å². The number of thiophene rings is 1. The second-order valence-corrected chi connectivity index (χ2v) is 7.82. The maximum atomic E-state index is 13.7. The molecule has 28 heavy (non-hydrogen) atoms. The predicted molar refractivity (Wildman–Crippen MR) is 101 cm³/mol. The van der Waals surface area contributed by atoms with Crippen LogP contribution in [-0.4, -0.2) is 47.9 Å². The van der Waals surface area contributed by atoms with Crippen molar-refractivity contribution < 1.29 is 22.8 Å². The van der Waals surface area contributed by atoms with Gasteiger partial charge >= 0.3 is 6.18 Å². The molecule has 0 aliphatic carbocycles. The molecule has 1 fully saturated rings. The normalized spacial score (nSPS) is 18.6. The van der Waals surface area contributed by atoms with Crippen LogP contribution < -0.4 is 0 Å². The lowest BCUT2D eigenvalue weighted by atomic mass is 9.95. The zero-order valence-electron chi connectivity index (χ0n) is 15.4. The number of halogens is 3. The van der Waals surface area contributed by atoms with Gasteiger partial charge < -0.3 is 9.80 Å². The molecule has 1 saturated heterocycles. The van der Waals surface area contributed by atoms with Crippen LogP contribution in [0.3, 0.4) is 0 Å². The summed E-state index contributed by atoms with van der Waals surface area (Å²) in [7, 11) is 1.19. The van der Waals surface area contributed by atoms with Crippen LogP contribution in [0.15, 0.2) is 47.8 Å². The van der Waals surface area contributed by atoms with Crippen molar-refractivity contribution in [3.05, 3.63) is 58.3 Å². The summed E-state index contributed by atoms with van der Waals surface area (Å²) in [5, 5.41) is 1.79. The third kappa shape index (κ3) is 4.38. The van der Waals surface area contributed by atoms with Gasteiger partial charge in [-0.2, -0.15) is 13.2 Å². The molecule has 2 heterocycles. The molecule has 1 aliphatic heterocycles. The van der Waals surface area contributed by atoms with Gasteiger partial charge in [0.1, 0.15) is 0 Å². The summed E-state index contributed by atoms with van der Waals surface area (Å²) in [5.41, 5.74) is 0.0215. The molecular weight excluding hydrogens is 389 g/mol. The van der Waals surface area contributed by atoms with E-state index in [1.54, 1.807) is 28.5 Å². The van der Waals surface area contributed by atoms with Gasteiger partial charge in [-0.15, -0.1) is 11.3 Å². The van der Waals surface area contributed by atoms with E-state index in [4.69, 9.17) is 0 Å². The van der Waals surface area contributed by atoms with Crippen molar-refractivity contribution in [2.45, 2.75) is 25.1 Å². The topological polar surface area (TPSA) is 40.6 Å². The highest BCUT2D eigenvalue weighted by molar-refractivity contribution is 7.12. The molecule has 2 unspecified atom stereocenters. The van der Waals surface area contributed by atoms with E-state index < -0.39 is 24.0 Å². The number of hydrogen-bond donors (Lipinski definition) is 0. The zero-order chi connectivity index (χ0) is 20.3. The lowest BCUT2D eigenvalue weighted by Gasteiger charge is -2.37. The number of piperidine rings is 1. The van der Waals surface area contributed by atoms with E-state index in [9.17, 15) is 22.8 Å². The Kier molecular flexibility index (Phi) is 6.07. The Morgan fingerprint density at radius 1 is 1.18 bits per heavy atom. The van der Waals surface area contributed by atoms with E-state index in [0.717, 1.165) is 4.90 Å². The standard InChI is InChI=1S/C20H21F3N2O2S/c1-24(17(20(21,22)23)14-7-3-2-4-8-14)18(26)15-9-5-11-25(13-15)19(27)16-10-6-12-28-16/h2-4,6-8,10,12,15,17H,5,9,11,13H2,1H3. The minimum Gasteiger partial charge on any atom is -0.337 e. The van der Waals surface area contributed by atoms with Crippen molar-refractivity contribution in [3.8, 4) is 0 Å². The largest absolute Gasteiger partial charge is 0.413 e. The highest BCUT2D eigenvalue weighted by Gasteiger charge is 2.46. The Balaban J connectivity index is 1.76. The van der Waals surface area contributed by atoms with Gasteiger partial charge in [0.15, 0.2) is 6.04 Å². The molecule has 1 aliphatic rings. The second-order valence-electron chi connectivity index (χ2n) is 6.87. The Hall–Kier alpha value is -2.35. The van der Waals surface area contributed by atoms with Gasteiger partial charge in [-0.05, 0) is 29.9 Å². The summed E-state index contributed by atoms with van der Waals surface area (Å²) in [4.78, 5) is 28.4. The number of rotatable bonds is 4. The molecule has 2 atom stereocenters. The highest BCUT2D eigenvalue weighted by atomic mass is 32.1. The molecule has 0 radical (unpaired) electrons. The lowest BCUT2D eigenvalue weighted by molar-refractivity contribution is -0.191. The molecular formula is C20H21F3N2O2S. The van der Waals surface area contributed by atoms with E-state index in [1.807, 2.05) is 0 Å². The minimum atomic E-state index is -4.59. The SMILES string of the molecule is CN(C(=O)C1CCCN(C(=O)c2cccs2)C1)C(c1ccccc1)C(F)(F)F. The first-order valence-corrected chi connectivity index (χ1v) is 9.88. The van der Waals surface area contributed by atoms with Crippen molar-refractivity contribution in [2.24, 2.45) is 5.92 Å². The molecule has 0 bridgehead atoms. The van der Waals surface area contributed by atoms with Crippen molar-refractivity contribution >= 4 is 23.2 Å². The molecule has 2 amide bonds. The summed E-state index contributed by atoms with van der Waals surface area (Å²) in [6, 6.07) is 8.89. The van der Waals surface area contributed by atoms with Crippen molar-refractivity contribution in [1.82, 2.24) is 9.80 Å². The van der Waals surface area contributed by atoms with Crippen LogP contribution in [0.1, 0.15) is 34.1 Å². The maximum Gasteiger partial charge on any atom is 0.413 e. The third-order valence-electron chi connectivity index (χ3n) is 4.95. The average Bonchev–Trinajstić information content (AvgIpc) is 3.21. The number of benzene rings is 1. The van der Waals surface area contributed by atoms with Gasteiger partial charge in [0.25, 0.3) is 5.91 Å². The molecule has 3 rings (SSSR count). The minimum absolute atomic E-state index is 0.0215. The number of amides is 2. The van der Waals surface area contributed by atoms with Crippen LogP contribution in [0.5, 0.6) is 0 Å². The summed E-state index contributed by atoms with van der Waals surface area (Å²) in [5.74, 6) is -1.41. The van der Waals surface area contributed by atoms with Crippen LogP contribution in [-0.2, 0) is 4.79 Å². The number of carbonyl (C=O) groups is 2. The first-order chi connectivity index (χ1) is 13.3.